The molecule has 0 aromatic heterocycles. The summed E-state index contributed by atoms with van der Waals surface area (Å²) in [7, 11) is 0. The number of unbranched alkanes of at least 4 members (excludes halogenated alkanes) is 4. The molecular formula is C27H37NO6. The Labute approximate surface area is 203 Å². The van der Waals surface area contributed by atoms with Crippen LogP contribution in [0.3, 0.4) is 0 Å². The summed E-state index contributed by atoms with van der Waals surface area (Å²) < 4.78 is 17.4. The van der Waals surface area contributed by atoms with Gasteiger partial charge in [-0.15, -0.1) is 13.2 Å². The van der Waals surface area contributed by atoms with E-state index in [-0.39, 0.29) is 23.5 Å². The second-order valence-electron chi connectivity index (χ2n) is 8.31. The van der Waals surface area contributed by atoms with Crippen LogP contribution in [-0.2, 0) is 14.2 Å². The second-order valence-corrected chi connectivity index (χ2v) is 8.31. The Balaban J connectivity index is 0.00000281. The molecule has 1 aromatic carbocycles. The molecule has 0 aliphatic carbocycles. The molecule has 1 heterocycles. The van der Waals surface area contributed by atoms with E-state index in [1.807, 2.05) is 13.8 Å². The highest BCUT2D eigenvalue weighted by atomic mass is 16.7. The van der Waals surface area contributed by atoms with Gasteiger partial charge >= 0.3 is 5.97 Å². The largest absolute Gasteiger partial charge is 0.441 e. The molecule has 186 valence electrons. The second kappa shape index (κ2) is 15.0. The molecule has 0 bridgehead atoms. The number of non-ortho nitro benzene ring substituents is 1. The van der Waals surface area contributed by atoms with Crippen molar-refractivity contribution in [2.45, 2.75) is 89.8 Å². The van der Waals surface area contributed by atoms with E-state index in [2.05, 4.69) is 38.5 Å². The summed E-state index contributed by atoms with van der Waals surface area (Å²) in [5.41, 5.74) is 0.116. The highest BCUT2D eigenvalue weighted by Gasteiger charge is 2.40. The molecule has 0 N–H and O–H groups in total. The lowest BCUT2D eigenvalue weighted by atomic mass is 10.0. The van der Waals surface area contributed by atoms with Crippen LogP contribution in [0.5, 0.6) is 0 Å². The number of hydrogen-bond acceptors (Lipinski definition) is 6. The SMILES string of the molecule is C=C.C=CC(C#CCC1OC(C)(C)OC1CCCCCCC)OC(=O)c1ccc([N+](=O)[O-])cc1. The number of nitro groups is 1. The fourth-order valence-electron chi connectivity index (χ4n) is 3.57. The molecule has 0 saturated carbocycles. The van der Waals surface area contributed by atoms with Crippen LogP contribution in [-0.4, -0.2) is 35.0 Å². The third kappa shape index (κ3) is 9.90. The summed E-state index contributed by atoms with van der Waals surface area (Å²) in [4.78, 5) is 22.5. The molecule has 1 aromatic rings. The average Bonchev–Trinajstić information content (AvgIpc) is 3.12. The van der Waals surface area contributed by atoms with Gasteiger partial charge in [-0.25, -0.2) is 4.79 Å². The van der Waals surface area contributed by atoms with Gasteiger partial charge in [-0.1, -0.05) is 57.4 Å². The molecule has 2 rings (SSSR count). The standard InChI is InChI=1S/C25H33NO6.C2H4/c1-5-7-8-9-10-13-22-23(32-25(3,4)31-22)14-11-12-21(6-2)30-24(27)19-15-17-20(18-16-19)26(28)29;1-2/h6,15-18,21-23H,2,5,7-10,13-14H2,1,3-4H3;1-2H2. The fourth-order valence-corrected chi connectivity index (χ4v) is 3.57. The van der Waals surface area contributed by atoms with Crippen LogP contribution in [0.4, 0.5) is 5.69 Å². The molecular weight excluding hydrogens is 434 g/mol. The smallest absolute Gasteiger partial charge is 0.339 e. The average molecular weight is 472 g/mol. The van der Waals surface area contributed by atoms with Crippen molar-refractivity contribution in [2.24, 2.45) is 0 Å². The quantitative estimate of drug-likeness (QED) is 0.0929. The van der Waals surface area contributed by atoms with E-state index in [1.54, 1.807) is 0 Å². The zero-order chi connectivity index (χ0) is 25.6. The van der Waals surface area contributed by atoms with E-state index in [1.165, 1.54) is 56.0 Å². The number of esters is 1. The Bertz CT molecular complexity index is 852. The van der Waals surface area contributed by atoms with Gasteiger partial charge in [0.25, 0.3) is 5.69 Å². The number of rotatable bonds is 11. The first-order valence-electron chi connectivity index (χ1n) is 11.7. The van der Waals surface area contributed by atoms with E-state index in [9.17, 15) is 14.9 Å². The van der Waals surface area contributed by atoms with Crippen molar-refractivity contribution in [1.82, 2.24) is 0 Å². The first kappa shape index (κ1) is 29.1. The summed E-state index contributed by atoms with van der Waals surface area (Å²) in [5.74, 6) is 4.69. The number of carbonyl (C=O) groups excluding carboxylic acids is 1. The number of nitro benzene ring substituents is 1. The summed E-state index contributed by atoms with van der Waals surface area (Å²) in [6, 6.07) is 5.22. The van der Waals surface area contributed by atoms with Gasteiger partial charge in [-0.3, -0.25) is 10.1 Å². The monoisotopic (exact) mass is 471 g/mol. The lowest BCUT2D eigenvalue weighted by Gasteiger charge is -2.16. The highest BCUT2D eigenvalue weighted by Crippen LogP contribution is 2.32. The molecule has 1 aliphatic heterocycles. The minimum absolute atomic E-state index is 0.00855. The number of carbonyl (C=O) groups is 1. The van der Waals surface area contributed by atoms with Crippen LogP contribution in [0.1, 0.15) is 76.1 Å². The first-order valence-corrected chi connectivity index (χ1v) is 11.7. The summed E-state index contributed by atoms with van der Waals surface area (Å²) in [5, 5.41) is 10.7. The Hall–Kier alpha value is -2.95. The molecule has 3 atom stereocenters. The van der Waals surface area contributed by atoms with Crippen molar-refractivity contribution in [1.29, 1.82) is 0 Å². The predicted molar refractivity (Wildman–Crippen MR) is 133 cm³/mol. The minimum Gasteiger partial charge on any atom is -0.441 e. The molecule has 1 aliphatic rings. The Morgan fingerprint density at radius 2 is 1.79 bits per heavy atom. The zero-order valence-corrected chi connectivity index (χ0v) is 20.6. The van der Waals surface area contributed by atoms with Crippen molar-refractivity contribution in [3.63, 3.8) is 0 Å². The maximum Gasteiger partial charge on any atom is 0.339 e. The molecule has 1 fully saturated rings. The fraction of sp³-hybridized carbons (Fsp3) is 0.519. The van der Waals surface area contributed by atoms with Gasteiger partial charge in [0, 0.05) is 18.6 Å². The third-order valence-electron chi connectivity index (χ3n) is 5.19. The van der Waals surface area contributed by atoms with Crippen molar-refractivity contribution in [2.75, 3.05) is 0 Å². The lowest BCUT2D eigenvalue weighted by Crippen LogP contribution is -2.22. The summed E-state index contributed by atoms with van der Waals surface area (Å²) >= 11 is 0. The van der Waals surface area contributed by atoms with E-state index in [0.29, 0.717) is 6.42 Å². The highest BCUT2D eigenvalue weighted by molar-refractivity contribution is 5.90. The molecule has 7 nitrogen and oxygen atoms in total. The van der Waals surface area contributed by atoms with Crippen molar-refractivity contribution in [3.05, 3.63) is 65.8 Å². The summed E-state index contributed by atoms with van der Waals surface area (Å²) in [6.45, 7) is 15.7. The minimum atomic E-state index is -0.791. The Morgan fingerprint density at radius 1 is 1.18 bits per heavy atom. The van der Waals surface area contributed by atoms with Gasteiger partial charge in [0.15, 0.2) is 11.9 Å². The summed E-state index contributed by atoms with van der Waals surface area (Å²) in [6.07, 6.45) is 7.88. The van der Waals surface area contributed by atoms with Crippen molar-refractivity contribution < 1.29 is 23.9 Å². The normalized spacial score (nSPS) is 19.0. The topological polar surface area (TPSA) is 87.9 Å². The van der Waals surface area contributed by atoms with Gasteiger partial charge < -0.3 is 14.2 Å². The molecule has 0 spiro atoms. The van der Waals surface area contributed by atoms with Crippen LogP contribution >= 0.6 is 0 Å². The Morgan fingerprint density at radius 3 is 2.38 bits per heavy atom. The molecule has 0 amide bonds. The van der Waals surface area contributed by atoms with E-state index < -0.39 is 22.8 Å². The third-order valence-corrected chi connectivity index (χ3v) is 5.19. The molecule has 34 heavy (non-hydrogen) atoms. The number of nitrogens with zero attached hydrogens (tertiary/aromatic N) is 1. The maximum absolute atomic E-state index is 12.3. The van der Waals surface area contributed by atoms with Crippen LogP contribution in [0.15, 0.2) is 50.1 Å². The van der Waals surface area contributed by atoms with Gasteiger partial charge in [-0.2, -0.15) is 0 Å². The van der Waals surface area contributed by atoms with Crippen LogP contribution in [0.2, 0.25) is 0 Å². The maximum atomic E-state index is 12.3. The van der Waals surface area contributed by atoms with Gasteiger partial charge in [0.2, 0.25) is 0 Å². The van der Waals surface area contributed by atoms with Crippen molar-refractivity contribution in [3.8, 4) is 11.8 Å². The van der Waals surface area contributed by atoms with E-state index in [4.69, 9.17) is 14.2 Å². The van der Waals surface area contributed by atoms with Gasteiger partial charge in [0.05, 0.1) is 22.7 Å². The molecule has 1 saturated heterocycles. The van der Waals surface area contributed by atoms with Gasteiger partial charge in [0.1, 0.15) is 0 Å². The van der Waals surface area contributed by atoms with Crippen molar-refractivity contribution >= 4 is 11.7 Å². The zero-order valence-electron chi connectivity index (χ0n) is 20.6. The van der Waals surface area contributed by atoms with Crippen LogP contribution in [0.25, 0.3) is 0 Å². The lowest BCUT2D eigenvalue weighted by molar-refractivity contribution is -0.384. The predicted octanol–water partition coefficient (Wildman–Crippen LogP) is 6.38. The number of benzene rings is 1. The van der Waals surface area contributed by atoms with Crippen LogP contribution < -0.4 is 0 Å². The van der Waals surface area contributed by atoms with Crippen LogP contribution in [0, 0.1) is 22.0 Å². The molecule has 3 unspecified atom stereocenters. The Kier molecular flexibility index (Phi) is 12.9. The van der Waals surface area contributed by atoms with Gasteiger partial charge in [-0.05, 0) is 38.5 Å². The molecule has 0 radical (unpaired) electrons. The number of ether oxygens (including phenoxy) is 3. The van der Waals surface area contributed by atoms with E-state index >= 15 is 0 Å². The van der Waals surface area contributed by atoms with E-state index in [0.717, 1.165) is 12.8 Å². The first-order chi connectivity index (χ1) is 16.3. The number of hydrogen-bond donors (Lipinski definition) is 0. The molecule has 7 heteroatoms.